The highest BCUT2D eigenvalue weighted by Crippen LogP contribution is 2.29. The molecule has 1 aromatic carbocycles. The maximum atomic E-state index is 11.6. The molecule has 0 spiro atoms. The average molecular weight is 312 g/mol. The summed E-state index contributed by atoms with van der Waals surface area (Å²) < 4.78 is 11.6. The number of ether oxygens (including phenoxy) is 1. The van der Waals surface area contributed by atoms with E-state index in [9.17, 15) is 4.79 Å². The quantitative estimate of drug-likeness (QED) is 0.841. The molecule has 0 atom stereocenters. The summed E-state index contributed by atoms with van der Waals surface area (Å²) >= 11 is 3.42. The van der Waals surface area contributed by atoms with E-state index in [1.807, 2.05) is 39.0 Å². The molecule has 0 aliphatic rings. The van der Waals surface area contributed by atoms with Crippen LogP contribution in [0.15, 0.2) is 33.2 Å². The van der Waals surface area contributed by atoms with Gasteiger partial charge in [-0.05, 0) is 32.9 Å². The number of furan rings is 1. The molecule has 4 nitrogen and oxygen atoms in total. The Morgan fingerprint density at radius 2 is 2.11 bits per heavy atom. The summed E-state index contributed by atoms with van der Waals surface area (Å²) in [6.07, 6.45) is -0.530. The van der Waals surface area contributed by atoms with Gasteiger partial charge in [0.2, 0.25) is 5.88 Å². The van der Waals surface area contributed by atoms with Crippen LogP contribution >= 0.6 is 15.9 Å². The Morgan fingerprint density at radius 3 is 2.72 bits per heavy atom. The van der Waals surface area contributed by atoms with Crippen LogP contribution in [0.1, 0.15) is 20.8 Å². The van der Waals surface area contributed by atoms with Crippen LogP contribution in [0, 0.1) is 0 Å². The Morgan fingerprint density at radius 1 is 1.39 bits per heavy atom. The first-order valence-corrected chi connectivity index (χ1v) is 6.32. The molecule has 0 radical (unpaired) electrons. The second-order valence-electron chi connectivity index (χ2n) is 4.89. The monoisotopic (exact) mass is 311 g/mol. The van der Waals surface area contributed by atoms with E-state index >= 15 is 0 Å². The summed E-state index contributed by atoms with van der Waals surface area (Å²) in [6.45, 7) is 5.42. The highest BCUT2D eigenvalue weighted by Gasteiger charge is 2.17. The molecule has 0 saturated carbocycles. The molecular weight excluding hydrogens is 298 g/mol. The standard InChI is InChI=1S/C13H14BrNO3/c1-13(2,3)18-12(16)15-11-7-8-9(14)5-4-6-10(8)17-11/h4-7H,1-3H3,(H,15,16). The first-order valence-electron chi connectivity index (χ1n) is 5.53. The van der Waals surface area contributed by atoms with Gasteiger partial charge in [0.1, 0.15) is 11.2 Å². The second kappa shape index (κ2) is 4.65. The van der Waals surface area contributed by atoms with Crippen molar-refractivity contribution in [2.45, 2.75) is 26.4 Å². The van der Waals surface area contributed by atoms with Crippen molar-refractivity contribution in [3.05, 3.63) is 28.7 Å². The average Bonchev–Trinajstić information content (AvgIpc) is 2.58. The van der Waals surface area contributed by atoms with Gasteiger partial charge in [-0.15, -0.1) is 0 Å². The van der Waals surface area contributed by atoms with Crippen molar-refractivity contribution in [3.8, 4) is 0 Å². The third-order valence-electron chi connectivity index (χ3n) is 2.13. The number of nitrogens with one attached hydrogen (secondary N) is 1. The van der Waals surface area contributed by atoms with Crippen molar-refractivity contribution in [3.63, 3.8) is 0 Å². The zero-order chi connectivity index (χ0) is 13.3. The smallest absolute Gasteiger partial charge is 0.414 e. The first kappa shape index (κ1) is 13.0. The molecule has 1 aromatic heterocycles. The van der Waals surface area contributed by atoms with Gasteiger partial charge in [0.05, 0.1) is 0 Å². The molecule has 5 heteroatoms. The van der Waals surface area contributed by atoms with Crippen molar-refractivity contribution in [2.75, 3.05) is 5.32 Å². The fraction of sp³-hybridized carbons (Fsp3) is 0.308. The molecule has 0 unspecified atom stereocenters. The van der Waals surface area contributed by atoms with E-state index in [2.05, 4.69) is 21.2 Å². The van der Waals surface area contributed by atoms with E-state index < -0.39 is 11.7 Å². The molecule has 18 heavy (non-hydrogen) atoms. The largest absolute Gasteiger partial charge is 0.444 e. The van der Waals surface area contributed by atoms with E-state index in [4.69, 9.17) is 9.15 Å². The number of carbonyl (C=O) groups excluding carboxylic acids is 1. The van der Waals surface area contributed by atoms with Crippen LogP contribution in [0.3, 0.4) is 0 Å². The van der Waals surface area contributed by atoms with Crippen molar-refractivity contribution in [1.29, 1.82) is 0 Å². The number of hydrogen-bond donors (Lipinski definition) is 1. The number of hydrogen-bond acceptors (Lipinski definition) is 3. The maximum absolute atomic E-state index is 11.6. The zero-order valence-corrected chi connectivity index (χ0v) is 12.0. The maximum Gasteiger partial charge on any atom is 0.414 e. The predicted molar refractivity (Wildman–Crippen MR) is 73.8 cm³/mol. The molecule has 0 aliphatic carbocycles. The fourth-order valence-corrected chi connectivity index (χ4v) is 1.95. The van der Waals surface area contributed by atoms with E-state index in [0.717, 1.165) is 9.86 Å². The van der Waals surface area contributed by atoms with Crippen LogP contribution in [0.4, 0.5) is 10.7 Å². The lowest BCUT2D eigenvalue weighted by atomic mass is 10.2. The fourth-order valence-electron chi connectivity index (χ4n) is 1.49. The van der Waals surface area contributed by atoms with Gasteiger partial charge >= 0.3 is 6.09 Å². The zero-order valence-electron chi connectivity index (χ0n) is 10.4. The van der Waals surface area contributed by atoms with Gasteiger partial charge in [-0.2, -0.15) is 0 Å². The normalized spacial score (nSPS) is 11.6. The molecule has 2 aromatic rings. The molecule has 2 rings (SSSR count). The highest BCUT2D eigenvalue weighted by atomic mass is 79.9. The van der Waals surface area contributed by atoms with Gasteiger partial charge in [-0.1, -0.05) is 22.0 Å². The van der Waals surface area contributed by atoms with Crippen LogP contribution in [-0.2, 0) is 4.74 Å². The molecule has 1 amide bonds. The van der Waals surface area contributed by atoms with Gasteiger partial charge in [-0.3, -0.25) is 5.32 Å². The van der Waals surface area contributed by atoms with E-state index in [0.29, 0.717) is 11.5 Å². The topological polar surface area (TPSA) is 51.5 Å². The number of fused-ring (bicyclic) bond motifs is 1. The van der Waals surface area contributed by atoms with E-state index in [1.54, 1.807) is 6.07 Å². The van der Waals surface area contributed by atoms with Crippen LogP contribution < -0.4 is 5.32 Å². The van der Waals surface area contributed by atoms with Crippen LogP contribution in [0.25, 0.3) is 11.0 Å². The van der Waals surface area contributed by atoms with Gasteiger partial charge < -0.3 is 9.15 Å². The van der Waals surface area contributed by atoms with Crippen LogP contribution in [-0.4, -0.2) is 11.7 Å². The van der Waals surface area contributed by atoms with E-state index in [1.165, 1.54) is 0 Å². The highest BCUT2D eigenvalue weighted by molar-refractivity contribution is 9.10. The summed E-state index contributed by atoms with van der Waals surface area (Å²) in [5.41, 5.74) is 0.173. The minimum atomic E-state index is -0.531. The van der Waals surface area contributed by atoms with Gasteiger partial charge in [0, 0.05) is 15.9 Å². The second-order valence-corrected chi connectivity index (χ2v) is 5.74. The SMILES string of the molecule is CC(C)(C)OC(=O)Nc1cc2c(Br)cccc2o1. The molecule has 96 valence electrons. The molecule has 1 N–H and O–H groups in total. The van der Waals surface area contributed by atoms with Crippen molar-refractivity contribution in [2.24, 2.45) is 0 Å². The molecule has 1 heterocycles. The number of rotatable bonds is 1. The Hall–Kier alpha value is -1.49. The Labute approximate surface area is 113 Å². The minimum Gasteiger partial charge on any atom is -0.444 e. The summed E-state index contributed by atoms with van der Waals surface area (Å²) in [5.74, 6) is 0.367. The van der Waals surface area contributed by atoms with Crippen LogP contribution in [0.5, 0.6) is 0 Å². The number of benzene rings is 1. The number of anilines is 1. The number of halogens is 1. The molecule has 0 saturated heterocycles. The van der Waals surface area contributed by atoms with Crippen molar-refractivity contribution >= 4 is 38.9 Å². The third kappa shape index (κ3) is 3.04. The first-order chi connectivity index (χ1) is 8.35. The Balaban J connectivity index is 2.18. The minimum absolute atomic E-state index is 0.367. The summed E-state index contributed by atoms with van der Waals surface area (Å²) in [4.78, 5) is 11.6. The van der Waals surface area contributed by atoms with Crippen molar-refractivity contribution < 1.29 is 13.9 Å². The number of carbonyl (C=O) groups is 1. The van der Waals surface area contributed by atoms with Gasteiger partial charge in [-0.25, -0.2) is 4.79 Å². The summed E-state index contributed by atoms with van der Waals surface area (Å²) in [6, 6.07) is 7.37. The lowest BCUT2D eigenvalue weighted by Gasteiger charge is -2.18. The number of amides is 1. The summed E-state index contributed by atoms with van der Waals surface area (Å²) in [7, 11) is 0. The molecular formula is C13H14BrNO3. The Kier molecular flexibility index (Phi) is 3.34. The van der Waals surface area contributed by atoms with Crippen molar-refractivity contribution in [1.82, 2.24) is 0 Å². The Bertz CT molecular complexity index is 583. The van der Waals surface area contributed by atoms with E-state index in [-0.39, 0.29) is 0 Å². The molecule has 0 aliphatic heterocycles. The molecule has 0 bridgehead atoms. The lowest BCUT2D eigenvalue weighted by Crippen LogP contribution is -2.27. The van der Waals surface area contributed by atoms with Gasteiger partial charge in [0.25, 0.3) is 0 Å². The molecule has 0 fully saturated rings. The van der Waals surface area contributed by atoms with Gasteiger partial charge in [0.15, 0.2) is 0 Å². The lowest BCUT2D eigenvalue weighted by molar-refractivity contribution is 0.0633. The van der Waals surface area contributed by atoms with Crippen LogP contribution in [0.2, 0.25) is 0 Å². The predicted octanol–water partition coefficient (Wildman–Crippen LogP) is 4.54. The third-order valence-corrected chi connectivity index (χ3v) is 2.82. The summed E-state index contributed by atoms with van der Waals surface area (Å²) in [5, 5.41) is 3.47.